The lowest BCUT2D eigenvalue weighted by Gasteiger charge is -2.42. The van der Waals surface area contributed by atoms with Crippen LogP contribution in [0.15, 0.2) is 0 Å². The van der Waals surface area contributed by atoms with Crippen molar-refractivity contribution in [2.24, 2.45) is 29.6 Å². The summed E-state index contributed by atoms with van der Waals surface area (Å²) in [7, 11) is 0. The van der Waals surface area contributed by atoms with Crippen LogP contribution in [0.1, 0.15) is 78.6 Å². The molecule has 2 bridgehead atoms. The number of ether oxygens (including phenoxy) is 3. The normalized spacial score (nSPS) is 46.7. The van der Waals surface area contributed by atoms with E-state index >= 15 is 0 Å². The molecule has 4 fully saturated rings. The van der Waals surface area contributed by atoms with Gasteiger partial charge in [0.05, 0.1) is 23.7 Å². The van der Waals surface area contributed by atoms with Crippen LogP contribution in [0.2, 0.25) is 0 Å². The molecule has 0 N–H and O–H groups in total. The van der Waals surface area contributed by atoms with Crippen LogP contribution in [0.25, 0.3) is 0 Å². The van der Waals surface area contributed by atoms with Crippen LogP contribution < -0.4 is 0 Å². The standard InChI is InChI=1S/C22H36O4/c1-4-15-11-18(20(5-2)26-15)21(23)24-13-25-22(6-3)12-14-10-19(22)17-9-7-8-16(14)17/h14-20H,4-13H2,1-3H3. The number of hydrogen-bond acceptors (Lipinski definition) is 4. The predicted molar refractivity (Wildman–Crippen MR) is 99.5 cm³/mol. The van der Waals surface area contributed by atoms with Gasteiger partial charge < -0.3 is 14.2 Å². The lowest BCUT2D eigenvalue weighted by molar-refractivity contribution is -0.192. The van der Waals surface area contributed by atoms with Gasteiger partial charge in [-0.3, -0.25) is 4.79 Å². The summed E-state index contributed by atoms with van der Waals surface area (Å²) in [5, 5.41) is 0. The van der Waals surface area contributed by atoms with Gasteiger partial charge in [-0.05, 0) is 75.0 Å². The summed E-state index contributed by atoms with van der Waals surface area (Å²) in [5.74, 6) is 3.11. The topological polar surface area (TPSA) is 44.8 Å². The summed E-state index contributed by atoms with van der Waals surface area (Å²) in [6.07, 6.45) is 10.6. The average Bonchev–Trinajstić information content (AvgIpc) is 3.40. The quantitative estimate of drug-likeness (QED) is 0.485. The molecular formula is C22H36O4. The van der Waals surface area contributed by atoms with Gasteiger partial charge in [0.25, 0.3) is 0 Å². The zero-order valence-electron chi connectivity index (χ0n) is 16.7. The molecule has 8 atom stereocenters. The zero-order chi connectivity index (χ0) is 18.3. The first-order chi connectivity index (χ1) is 12.6. The Morgan fingerprint density at radius 1 is 1.12 bits per heavy atom. The van der Waals surface area contributed by atoms with Crippen molar-refractivity contribution >= 4 is 5.97 Å². The van der Waals surface area contributed by atoms with Crippen LogP contribution in [-0.4, -0.2) is 30.6 Å². The van der Waals surface area contributed by atoms with Gasteiger partial charge in [-0.25, -0.2) is 0 Å². The van der Waals surface area contributed by atoms with Crippen molar-refractivity contribution in [3.05, 3.63) is 0 Å². The van der Waals surface area contributed by atoms with Gasteiger partial charge in [-0.2, -0.15) is 0 Å². The van der Waals surface area contributed by atoms with Gasteiger partial charge in [0.2, 0.25) is 0 Å². The van der Waals surface area contributed by atoms with E-state index < -0.39 is 0 Å². The summed E-state index contributed by atoms with van der Waals surface area (Å²) in [6.45, 7) is 6.57. The molecule has 0 spiro atoms. The van der Waals surface area contributed by atoms with E-state index in [-0.39, 0.29) is 36.5 Å². The molecule has 1 heterocycles. The summed E-state index contributed by atoms with van der Waals surface area (Å²) in [5.41, 5.74) is -0.0429. The maximum absolute atomic E-state index is 12.6. The molecule has 26 heavy (non-hydrogen) atoms. The Balaban J connectivity index is 1.32. The van der Waals surface area contributed by atoms with Crippen LogP contribution in [0.3, 0.4) is 0 Å². The first-order valence-electron chi connectivity index (χ1n) is 11.1. The fourth-order valence-corrected chi connectivity index (χ4v) is 6.92. The monoisotopic (exact) mass is 364 g/mol. The lowest BCUT2D eigenvalue weighted by Crippen LogP contribution is -2.44. The van der Waals surface area contributed by atoms with Crippen LogP contribution >= 0.6 is 0 Å². The molecule has 4 nitrogen and oxygen atoms in total. The Morgan fingerprint density at radius 2 is 1.92 bits per heavy atom. The smallest absolute Gasteiger partial charge is 0.313 e. The van der Waals surface area contributed by atoms with E-state index in [1.807, 2.05) is 0 Å². The molecule has 4 aliphatic rings. The van der Waals surface area contributed by atoms with Gasteiger partial charge >= 0.3 is 5.97 Å². The number of rotatable bonds is 7. The highest BCUT2D eigenvalue weighted by Gasteiger charge is 2.60. The molecular weight excluding hydrogens is 328 g/mol. The Bertz CT molecular complexity index is 520. The number of esters is 1. The third kappa shape index (κ3) is 3.01. The lowest BCUT2D eigenvalue weighted by atomic mass is 9.72. The van der Waals surface area contributed by atoms with E-state index in [0.29, 0.717) is 5.92 Å². The van der Waals surface area contributed by atoms with E-state index in [1.54, 1.807) is 0 Å². The molecule has 4 heteroatoms. The molecule has 3 aliphatic carbocycles. The van der Waals surface area contributed by atoms with Gasteiger partial charge in [0.1, 0.15) is 0 Å². The minimum atomic E-state index is -0.124. The number of hydrogen-bond donors (Lipinski definition) is 0. The second-order valence-corrected chi connectivity index (χ2v) is 9.16. The molecule has 0 radical (unpaired) electrons. The summed E-state index contributed by atoms with van der Waals surface area (Å²) < 4.78 is 17.9. The van der Waals surface area contributed by atoms with E-state index in [0.717, 1.165) is 43.4 Å². The molecule has 3 saturated carbocycles. The number of carbonyl (C=O) groups is 1. The molecule has 1 saturated heterocycles. The summed E-state index contributed by atoms with van der Waals surface area (Å²) in [6, 6.07) is 0. The van der Waals surface area contributed by atoms with Crippen molar-refractivity contribution in [3.63, 3.8) is 0 Å². The van der Waals surface area contributed by atoms with Gasteiger partial charge in [-0.1, -0.05) is 27.2 Å². The first-order valence-corrected chi connectivity index (χ1v) is 11.1. The van der Waals surface area contributed by atoms with Gasteiger partial charge in [0.15, 0.2) is 6.79 Å². The van der Waals surface area contributed by atoms with Crippen LogP contribution in [0, 0.1) is 29.6 Å². The highest BCUT2D eigenvalue weighted by atomic mass is 16.7. The Labute approximate surface area is 158 Å². The fraction of sp³-hybridized carbons (Fsp3) is 0.955. The molecule has 4 rings (SSSR count). The second kappa shape index (κ2) is 7.43. The van der Waals surface area contributed by atoms with Crippen LogP contribution in [0.4, 0.5) is 0 Å². The van der Waals surface area contributed by atoms with Crippen molar-refractivity contribution in [1.29, 1.82) is 0 Å². The average molecular weight is 365 g/mol. The van der Waals surface area contributed by atoms with Crippen molar-refractivity contribution in [1.82, 2.24) is 0 Å². The van der Waals surface area contributed by atoms with Gasteiger partial charge in [-0.15, -0.1) is 0 Å². The highest BCUT2D eigenvalue weighted by molar-refractivity contribution is 5.73. The number of carbonyl (C=O) groups excluding carboxylic acids is 1. The summed E-state index contributed by atoms with van der Waals surface area (Å²) in [4.78, 5) is 12.6. The molecule has 148 valence electrons. The van der Waals surface area contributed by atoms with E-state index in [1.165, 1.54) is 32.1 Å². The van der Waals surface area contributed by atoms with Crippen molar-refractivity contribution in [2.75, 3.05) is 6.79 Å². The van der Waals surface area contributed by atoms with Crippen LogP contribution in [0.5, 0.6) is 0 Å². The molecule has 0 aromatic heterocycles. The maximum atomic E-state index is 12.6. The largest absolute Gasteiger partial charge is 0.438 e. The molecule has 0 aromatic carbocycles. The maximum Gasteiger partial charge on any atom is 0.313 e. The predicted octanol–water partition coefficient (Wildman–Crippen LogP) is 4.70. The molecule has 1 aliphatic heterocycles. The highest BCUT2D eigenvalue weighted by Crippen LogP contribution is 2.64. The van der Waals surface area contributed by atoms with E-state index in [9.17, 15) is 4.79 Å². The van der Waals surface area contributed by atoms with Crippen molar-refractivity contribution in [2.45, 2.75) is 96.4 Å². The van der Waals surface area contributed by atoms with Crippen molar-refractivity contribution < 1.29 is 19.0 Å². The van der Waals surface area contributed by atoms with E-state index in [2.05, 4.69) is 20.8 Å². The Morgan fingerprint density at radius 3 is 2.65 bits per heavy atom. The second-order valence-electron chi connectivity index (χ2n) is 9.16. The minimum Gasteiger partial charge on any atom is -0.438 e. The number of fused-ring (bicyclic) bond motifs is 5. The van der Waals surface area contributed by atoms with Crippen molar-refractivity contribution in [3.8, 4) is 0 Å². The van der Waals surface area contributed by atoms with Gasteiger partial charge in [0, 0.05) is 0 Å². The SMILES string of the molecule is CCC1CC(C(=O)OCOC2(CC)CC3CC2C2CCCC32)C(CC)O1. The van der Waals surface area contributed by atoms with E-state index in [4.69, 9.17) is 14.2 Å². The third-order valence-electron chi connectivity index (χ3n) is 8.23. The molecule has 0 aromatic rings. The van der Waals surface area contributed by atoms with Crippen LogP contribution in [-0.2, 0) is 19.0 Å². The zero-order valence-corrected chi connectivity index (χ0v) is 16.7. The fourth-order valence-electron chi connectivity index (χ4n) is 6.92. The molecule has 0 amide bonds. The third-order valence-corrected chi connectivity index (χ3v) is 8.23. The Kier molecular flexibility index (Phi) is 5.35. The summed E-state index contributed by atoms with van der Waals surface area (Å²) >= 11 is 0. The molecule has 8 unspecified atom stereocenters. The Hall–Kier alpha value is -0.610. The minimum absolute atomic E-state index is 0.00863. The first kappa shape index (κ1) is 18.7.